The third-order valence-electron chi connectivity index (χ3n) is 5.21. The van der Waals surface area contributed by atoms with Crippen LogP contribution in [-0.4, -0.2) is 40.2 Å². The molecule has 2 aromatic heterocycles. The number of carbonyl (C=O) groups is 1. The van der Waals surface area contributed by atoms with Gasteiger partial charge >= 0.3 is 6.36 Å². The fraction of sp³-hybridized carbons (Fsp3) is 0.300. The Morgan fingerprint density at radius 3 is 2.57 bits per heavy atom. The van der Waals surface area contributed by atoms with Crippen LogP contribution in [0.3, 0.4) is 0 Å². The first-order chi connectivity index (χ1) is 14.2. The minimum Gasteiger partial charge on any atom is -0.403 e. The normalized spacial score (nSPS) is 15.6. The van der Waals surface area contributed by atoms with Gasteiger partial charge in [0.25, 0.3) is 5.91 Å². The summed E-state index contributed by atoms with van der Waals surface area (Å²) in [7, 11) is 0. The van der Waals surface area contributed by atoms with Crippen molar-refractivity contribution < 1.29 is 31.5 Å². The molecule has 30 heavy (non-hydrogen) atoms. The number of piperidine rings is 1. The van der Waals surface area contributed by atoms with Crippen LogP contribution in [0.4, 0.5) is 22.0 Å². The highest BCUT2D eigenvalue weighted by molar-refractivity contribution is 5.94. The highest BCUT2D eigenvalue weighted by Gasteiger charge is 2.34. The quantitative estimate of drug-likeness (QED) is 0.616. The summed E-state index contributed by atoms with van der Waals surface area (Å²) in [4.78, 5) is 21.3. The number of likely N-dealkylation sites (tertiary alicyclic amines) is 1. The Labute approximate surface area is 167 Å². The first kappa shape index (κ1) is 20.1. The molecule has 158 valence electrons. The molecule has 1 aliphatic rings. The third kappa shape index (κ3) is 3.81. The number of hydrogen-bond acceptors (Lipinski definition) is 3. The van der Waals surface area contributed by atoms with Gasteiger partial charge in [0.05, 0.1) is 5.56 Å². The van der Waals surface area contributed by atoms with Gasteiger partial charge in [-0.3, -0.25) is 4.79 Å². The molecule has 0 saturated carbocycles. The van der Waals surface area contributed by atoms with Crippen LogP contribution in [0.2, 0.25) is 0 Å². The van der Waals surface area contributed by atoms with E-state index in [1.807, 2.05) is 18.3 Å². The molecule has 1 fully saturated rings. The number of rotatable bonds is 3. The van der Waals surface area contributed by atoms with E-state index in [-0.39, 0.29) is 5.92 Å². The van der Waals surface area contributed by atoms with Gasteiger partial charge in [0.2, 0.25) is 5.82 Å². The molecule has 1 amide bonds. The van der Waals surface area contributed by atoms with Crippen LogP contribution in [0.25, 0.3) is 11.0 Å². The average molecular weight is 425 g/mol. The zero-order valence-corrected chi connectivity index (χ0v) is 15.5. The second kappa shape index (κ2) is 7.58. The maximum absolute atomic E-state index is 14.2. The summed E-state index contributed by atoms with van der Waals surface area (Å²) in [6.45, 7) is 0.608. The Morgan fingerprint density at radius 1 is 1.13 bits per heavy atom. The average Bonchev–Trinajstić information content (AvgIpc) is 3.14. The van der Waals surface area contributed by atoms with Gasteiger partial charge in [-0.2, -0.15) is 4.39 Å². The highest BCUT2D eigenvalue weighted by Crippen LogP contribution is 2.34. The van der Waals surface area contributed by atoms with Crippen molar-refractivity contribution in [2.75, 3.05) is 13.1 Å². The lowest BCUT2D eigenvalue weighted by Gasteiger charge is -2.32. The summed E-state index contributed by atoms with van der Waals surface area (Å²) in [6, 6.07) is 5.19. The number of alkyl halides is 3. The SMILES string of the molecule is O=C(c1ccc(OC(F)(F)F)c(F)c1F)N1CCC(c2c[nH]c3ncccc23)CC1. The van der Waals surface area contributed by atoms with Crippen LogP contribution >= 0.6 is 0 Å². The maximum Gasteiger partial charge on any atom is 0.573 e. The first-order valence-electron chi connectivity index (χ1n) is 9.19. The van der Waals surface area contributed by atoms with E-state index >= 15 is 0 Å². The number of benzene rings is 1. The number of nitrogens with one attached hydrogen (secondary N) is 1. The number of fused-ring (bicyclic) bond motifs is 1. The Balaban J connectivity index is 1.47. The fourth-order valence-corrected chi connectivity index (χ4v) is 3.78. The number of H-pyrrole nitrogens is 1. The lowest BCUT2D eigenvalue weighted by molar-refractivity contribution is -0.275. The van der Waals surface area contributed by atoms with Crippen molar-refractivity contribution in [2.24, 2.45) is 0 Å². The largest absolute Gasteiger partial charge is 0.573 e. The summed E-state index contributed by atoms with van der Waals surface area (Å²) in [5.41, 5.74) is 1.22. The number of hydrogen-bond donors (Lipinski definition) is 1. The van der Waals surface area contributed by atoms with Gasteiger partial charge in [0.1, 0.15) is 5.65 Å². The second-order valence-electron chi connectivity index (χ2n) is 7.00. The molecule has 0 radical (unpaired) electrons. The van der Waals surface area contributed by atoms with Gasteiger partial charge in [-0.1, -0.05) is 0 Å². The van der Waals surface area contributed by atoms with E-state index < -0.39 is 35.2 Å². The molecule has 3 aromatic rings. The maximum atomic E-state index is 14.2. The molecule has 1 aliphatic heterocycles. The van der Waals surface area contributed by atoms with Crippen LogP contribution in [0.1, 0.15) is 34.7 Å². The van der Waals surface area contributed by atoms with E-state index in [0.29, 0.717) is 32.0 Å². The molecule has 0 spiro atoms. The minimum atomic E-state index is -5.17. The van der Waals surface area contributed by atoms with E-state index in [1.165, 1.54) is 4.90 Å². The molecule has 4 rings (SSSR count). The fourth-order valence-electron chi connectivity index (χ4n) is 3.78. The topological polar surface area (TPSA) is 58.2 Å². The zero-order valence-electron chi connectivity index (χ0n) is 15.5. The van der Waals surface area contributed by atoms with Gasteiger partial charge in [-0.05, 0) is 48.6 Å². The predicted molar refractivity (Wildman–Crippen MR) is 97.0 cm³/mol. The van der Waals surface area contributed by atoms with Crippen molar-refractivity contribution >= 4 is 16.9 Å². The summed E-state index contributed by atoms with van der Waals surface area (Å²) < 4.78 is 68.4. The third-order valence-corrected chi connectivity index (χ3v) is 5.21. The van der Waals surface area contributed by atoms with Gasteiger partial charge in [0, 0.05) is 30.9 Å². The Bertz CT molecular complexity index is 1090. The Kier molecular flexibility index (Phi) is 5.08. The van der Waals surface area contributed by atoms with E-state index in [1.54, 1.807) is 6.20 Å². The first-order valence-corrected chi connectivity index (χ1v) is 9.19. The van der Waals surface area contributed by atoms with E-state index in [0.717, 1.165) is 22.7 Å². The zero-order chi connectivity index (χ0) is 21.5. The van der Waals surface area contributed by atoms with Crippen LogP contribution < -0.4 is 4.74 Å². The van der Waals surface area contributed by atoms with Crippen molar-refractivity contribution in [3.63, 3.8) is 0 Å². The number of halogens is 5. The minimum absolute atomic E-state index is 0.163. The summed E-state index contributed by atoms with van der Waals surface area (Å²) in [5.74, 6) is -5.44. The molecule has 0 atom stereocenters. The summed E-state index contributed by atoms with van der Waals surface area (Å²) in [5, 5.41) is 0.996. The predicted octanol–water partition coefficient (Wildman–Crippen LogP) is 4.76. The van der Waals surface area contributed by atoms with Gasteiger partial charge in [0.15, 0.2) is 11.6 Å². The van der Waals surface area contributed by atoms with Crippen LogP contribution in [0, 0.1) is 11.6 Å². The van der Waals surface area contributed by atoms with E-state index in [2.05, 4.69) is 14.7 Å². The summed E-state index contributed by atoms with van der Waals surface area (Å²) >= 11 is 0. The van der Waals surface area contributed by atoms with Gasteiger partial charge in [-0.15, -0.1) is 13.2 Å². The molecule has 0 unspecified atom stereocenters. The molecule has 5 nitrogen and oxygen atoms in total. The molecule has 1 N–H and O–H groups in total. The number of carbonyl (C=O) groups excluding carboxylic acids is 1. The van der Waals surface area contributed by atoms with Crippen molar-refractivity contribution in [1.82, 2.24) is 14.9 Å². The van der Waals surface area contributed by atoms with Crippen molar-refractivity contribution in [1.29, 1.82) is 0 Å². The Hall–Kier alpha value is -3.17. The van der Waals surface area contributed by atoms with Crippen molar-refractivity contribution in [3.8, 4) is 5.75 Å². The Morgan fingerprint density at radius 2 is 1.87 bits per heavy atom. The second-order valence-corrected chi connectivity index (χ2v) is 7.00. The number of amides is 1. The molecule has 1 saturated heterocycles. The molecule has 3 heterocycles. The molecule has 0 bridgehead atoms. The monoisotopic (exact) mass is 425 g/mol. The molecule has 1 aromatic carbocycles. The highest BCUT2D eigenvalue weighted by atomic mass is 19.4. The number of pyridine rings is 1. The van der Waals surface area contributed by atoms with Gasteiger partial charge in [-0.25, -0.2) is 9.37 Å². The molecular weight excluding hydrogens is 409 g/mol. The molecular formula is C20H16F5N3O2. The number of aromatic amines is 1. The summed E-state index contributed by atoms with van der Waals surface area (Å²) in [6.07, 6.45) is -0.394. The smallest absolute Gasteiger partial charge is 0.403 e. The molecule has 0 aliphatic carbocycles. The van der Waals surface area contributed by atoms with E-state index in [9.17, 15) is 26.7 Å². The standard InChI is InChI=1S/C20H16F5N3O2/c21-16-13(3-4-15(17(16)22)30-20(23,24)25)19(29)28-8-5-11(6-9-28)14-10-27-18-12(14)2-1-7-26-18/h1-4,7,10-11H,5-6,8-9H2,(H,26,27). The van der Waals surface area contributed by atoms with Crippen molar-refractivity contribution in [2.45, 2.75) is 25.1 Å². The lowest BCUT2D eigenvalue weighted by Crippen LogP contribution is -2.38. The number of ether oxygens (including phenoxy) is 1. The van der Waals surface area contributed by atoms with Gasteiger partial charge < -0.3 is 14.6 Å². The number of nitrogens with zero attached hydrogens (tertiary/aromatic N) is 2. The number of aromatic nitrogens is 2. The van der Waals surface area contributed by atoms with Crippen LogP contribution in [-0.2, 0) is 0 Å². The van der Waals surface area contributed by atoms with Crippen LogP contribution in [0.5, 0.6) is 5.75 Å². The van der Waals surface area contributed by atoms with Crippen LogP contribution in [0.15, 0.2) is 36.7 Å². The van der Waals surface area contributed by atoms with E-state index in [4.69, 9.17) is 0 Å². The van der Waals surface area contributed by atoms with Crippen molar-refractivity contribution in [3.05, 3.63) is 59.4 Å². The molecule has 10 heteroatoms. The lowest BCUT2D eigenvalue weighted by atomic mass is 9.89.